The summed E-state index contributed by atoms with van der Waals surface area (Å²) in [6.45, 7) is 3.85. The van der Waals surface area contributed by atoms with Gasteiger partial charge in [0.25, 0.3) is 5.91 Å². The van der Waals surface area contributed by atoms with E-state index in [1.807, 2.05) is 50.2 Å². The number of carbonyl (C=O) groups excluding carboxylic acids is 1. The zero-order chi connectivity index (χ0) is 19.2. The summed E-state index contributed by atoms with van der Waals surface area (Å²) in [7, 11) is 1.60. The number of nitrogens with one attached hydrogen (secondary N) is 1. The summed E-state index contributed by atoms with van der Waals surface area (Å²) < 4.78 is 10.9. The quantitative estimate of drug-likeness (QED) is 0.714. The summed E-state index contributed by atoms with van der Waals surface area (Å²) >= 11 is 0. The van der Waals surface area contributed by atoms with Gasteiger partial charge in [-0.1, -0.05) is 18.2 Å². The van der Waals surface area contributed by atoms with Crippen LogP contribution in [0.25, 0.3) is 11.3 Å². The molecule has 0 saturated carbocycles. The molecule has 0 atom stereocenters. The van der Waals surface area contributed by atoms with Crippen LogP contribution in [0.3, 0.4) is 0 Å². The molecule has 1 heterocycles. The van der Waals surface area contributed by atoms with Gasteiger partial charge in [-0.3, -0.25) is 4.79 Å². The van der Waals surface area contributed by atoms with E-state index in [0.29, 0.717) is 28.6 Å². The number of carbonyl (C=O) groups is 1. The molecule has 0 spiro atoms. The van der Waals surface area contributed by atoms with E-state index in [1.54, 1.807) is 31.4 Å². The fourth-order valence-electron chi connectivity index (χ4n) is 2.48. The third kappa shape index (κ3) is 4.82. The molecule has 1 aromatic heterocycles. The van der Waals surface area contributed by atoms with Gasteiger partial charge in [0.15, 0.2) is 0 Å². The molecule has 3 rings (SSSR count). The second-order valence-electron chi connectivity index (χ2n) is 6.25. The lowest BCUT2D eigenvalue weighted by atomic mass is 10.1. The Balaban J connectivity index is 1.76. The van der Waals surface area contributed by atoms with Crippen LogP contribution in [-0.2, 0) is 0 Å². The van der Waals surface area contributed by atoms with Crippen LogP contribution in [0.4, 0.5) is 0 Å². The number of benzene rings is 2. The third-order valence-corrected chi connectivity index (χ3v) is 3.74. The van der Waals surface area contributed by atoms with Crippen molar-refractivity contribution < 1.29 is 14.3 Å². The Bertz CT molecular complexity index is 924. The monoisotopic (exact) mass is 363 g/mol. The van der Waals surface area contributed by atoms with Gasteiger partial charge in [0, 0.05) is 29.3 Å². The minimum Gasteiger partial charge on any atom is -0.497 e. The number of hydrogen-bond acceptors (Lipinski definition) is 5. The minimum atomic E-state index is -0.113. The fourth-order valence-corrected chi connectivity index (χ4v) is 2.48. The first kappa shape index (κ1) is 18.4. The number of amides is 1. The zero-order valence-corrected chi connectivity index (χ0v) is 15.5. The van der Waals surface area contributed by atoms with Crippen LogP contribution in [0, 0.1) is 0 Å². The molecule has 6 heteroatoms. The Morgan fingerprint density at radius 2 is 1.74 bits per heavy atom. The van der Waals surface area contributed by atoms with Crippen LogP contribution in [0.1, 0.15) is 24.2 Å². The highest BCUT2D eigenvalue weighted by atomic mass is 16.5. The van der Waals surface area contributed by atoms with E-state index < -0.39 is 0 Å². The van der Waals surface area contributed by atoms with E-state index in [4.69, 9.17) is 9.47 Å². The Morgan fingerprint density at radius 3 is 2.44 bits per heavy atom. The van der Waals surface area contributed by atoms with Crippen molar-refractivity contribution in [2.75, 3.05) is 7.11 Å². The number of methoxy groups -OCH3 is 1. The lowest BCUT2D eigenvalue weighted by Gasteiger charge is -2.09. The molecule has 6 nitrogen and oxygen atoms in total. The Morgan fingerprint density at radius 1 is 0.963 bits per heavy atom. The van der Waals surface area contributed by atoms with Crippen LogP contribution in [0.2, 0.25) is 0 Å². The Labute approximate surface area is 158 Å². The smallest absolute Gasteiger partial charge is 0.251 e. The van der Waals surface area contributed by atoms with Gasteiger partial charge in [-0.05, 0) is 44.2 Å². The van der Waals surface area contributed by atoms with Gasteiger partial charge in [-0.15, -0.1) is 10.2 Å². The summed E-state index contributed by atoms with van der Waals surface area (Å²) in [5.41, 5.74) is 2.05. The first-order chi connectivity index (χ1) is 13.0. The number of aromatic nitrogens is 2. The van der Waals surface area contributed by atoms with Crippen LogP contribution in [0.5, 0.6) is 17.4 Å². The summed E-state index contributed by atoms with van der Waals surface area (Å²) in [6, 6.07) is 18.2. The molecule has 0 bridgehead atoms. The summed E-state index contributed by atoms with van der Waals surface area (Å²) in [4.78, 5) is 12.2. The Hall–Kier alpha value is -3.41. The van der Waals surface area contributed by atoms with E-state index in [1.165, 1.54) is 0 Å². The second kappa shape index (κ2) is 8.31. The standard InChI is InChI=1S/C21H21N3O3/c1-14(2)22-21(25)16-7-4-6-15(12-16)19-10-11-20(24-23-19)27-18-9-5-8-17(13-18)26-3/h4-14H,1-3H3,(H,22,25). The molecule has 0 saturated heterocycles. The number of nitrogens with zero attached hydrogens (tertiary/aromatic N) is 2. The average molecular weight is 363 g/mol. The first-order valence-corrected chi connectivity index (χ1v) is 8.62. The topological polar surface area (TPSA) is 73.3 Å². The molecule has 27 heavy (non-hydrogen) atoms. The van der Waals surface area contributed by atoms with Crippen LogP contribution < -0.4 is 14.8 Å². The normalized spacial score (nSPS) is 10.5. The van der Waals surface area contributed by atoms with Crippen molar-refractivity contribution in [3.05, 3.63) is 66.2 Å². The van der Waals surface area contributed by atoms with Crippen LogP contribution >= 0.6 is 0 Å². The van der Waals surface area contributed by atoms with E-state index >= 15 is 0 Å². The van der Waals surface area contributed by atoms with E-state index in [-0.39, 0.29) is 11.9 Å². The maximum atomic E-state index is 12.2. The molecular formula is C21H21N3O3. The molecular weight excluding hydrogens is 342 g/mol. The van der Waals surface area contributed by atoms with E-state index in [9.17, 15) is 4.79 Å². The molecule has 1 N–H and O–H groups in total. The van der Waals surface area contributed by atoms with E-state index in [0.717, 1.165) is 5.56 Å². The number of rotatable bonds is 6. The van der Waals surface area contributed by atoms with Crippen molar-refractivity contribution in [2.24, 2.45) is 0 Å². The van der Waals surface area contributed by atoms with Gasteiger partial charge < -0.3 is 14.8 Å². The SMILES string of the molecule is COc1cccc(Oc2ccc(-c3cccc(C(=O)NC(C)C)c3)nn2)c1. The minimum absolute atomic E-state index is 0.0778. The molecule has 1 amide bonds. The van der Waals surface area contributed by atoms with Crippen LogP contribution in [-0.4, -0.2) is 29.3 Å². The van der Waals surface area contributed by atoms with Crippen molar-refractivity contribution in [3.63, 3.8) is 0 Å². The highest BCUT2D eigenvalue weighted by Gasteiger charge is 2.09. The summed E-state index contributed by atoms with van der Waals surface area (Å²) in [5.74, 6) is 1.58. The number of ether oxygens (including phenoxy) is 2. The number of hydrogen-bond donors (Lipinski definition) is 1. The molecule has 0 aliphatic heterocycles. The van der Waals surface area contributed by atoms with E-state index in [2.05, 4.69) is 15.5 Å². The molecule has 0 aliphatic carbocycles. The first-order valence-electron chi connectivity index (χ1n) is 8.62. The predicted molar refractivity (Wildman–Crippen MR) is 103 cm³/mol. The van der Waals surface area contributed by atoms with Crippen LogP contribution in [0.15, 0.2) is 60.7 Å². The average Bonchev–Trinajstić information content (AvgIpc) is 2.68. The highest BCUT2D eigenvalue weighted by Crippen LogP contribution is 2.25. The maximum Gasteiger partial charge on any atom is 0.251 e. The lowest BCUT2D eigenvalue weighted by molar-refractivity contribution is 0.0943. The lowest BCUT2D eigenvalue weighted by Crippen LogP contribution is -2.30. The maximum absolute atomic E-state index is 12.2. The summed E-state index contributed by atoms with van der Waals surface area (Å²) in [6.07, 6.45) is 0. The molecule has 2 aromatic carbocycles. The van der Waals surface area contributed by atoms with Crippen molar-refractivity contribution in [1.82, 2.24) is 15.5 Å². The largest absolute Gasteiger partial charge is 0.497 e. The molecule has 0 fully saturated rings. The fraction of sp³-hybridized carbons (Fsp3) is 0.190. The van der Waals surface area contributed by atoms with Gasteiger partial charge in [0.05, 0.1) is 12.8 Å². The molecule has 3 aromatic rings. The van der Waals surface area contributed by atoms with Gasteiger partial charge in [-0.25, -0.2) is 0 Å². The van der Waals surface area contributed by atoms with Crippen molar-refractivity contribution in [3.8, 4) is 28.6 Å². The predicted octanol–water partition coefficient (Wildman–Crippen LogP) is 4.08. The molecule has 0 aliphatic rings. The summed E-state index contributed by atoms with van der Waals surface area (Å²) in [5, 5.41) is 11.2. The molecule has 138 valence electrons. The Kier molecular flexibility index (Phi) is 5.66. The van der Waals surface area contributed by atoms with Gasteiger partial charge in [0.2, 0.25) is 5.88 Å². The van der Waals surface area contributed by atoms with Crippen molar-refractivity contribution >= 4 is 5.91 Å². The highest BCUT2D eigenvalue weighted by molar-refractivity contribution is 5.95. The van der Waals surface area contributed by atoms with Gasteiger partial charge >= 0.3 is 0 Å². The molecule has 0 radical (unpaired) electrons. The second-order valence-corrected chi connectivity index (χ2v) is 6.25. The van der Waals surface area contributed by atoms with Crippen molar-refractivity contribution in [2.45, 2.75) is 19.9 Å². The van der Waals surface area contributed by atoms with Gasteiger partial charge in [0.1, 0.15) is 11.5 Å². The third-order valence-electron chi connectivity index (χ3n) is 3.74. The van der Waals surface area contributed by atoms with Gasteiger partial charge in [-0.2, -0.15) is 0 Å². The van der Waals surface area contributed by atoms with Crippen molar-refractivity contribution in [1.29, 1.82) is 0 Å². The zero-order valence-electron chi connectivity index (χ0n) is 15.5. The molecule has 0 unspecified atom stereocenters.